The Labute approximate surface area is 220 Å². The smallest absolute Gasteiger partial charge is 0.310 e. The number of hydrogen-bond acceptors (Lipinski definition) is 1. The van der Waals surface area contributed by atoms with Gasteiger partial charge in [-0.25, -0.2) is 4.39 Å². The molecule has 0 aliphatic heterocycles. The second-order valence-corrected chi connectivity index (χ2v) is 12.2. The summed E-state index contributed by atoms with van der Waals surface area (Å²) in [6.45, 7) is 4.44. The zero-order valence-electron chi connectivity index (χ0n) is 23.4. The zero-order valence-corrected chi connectivity index (χ0v) is 23.4. The molecule has 0 heterocycles. The summed E-state index contributed by atoms with van der Waals surface area (Å²) < 4.78 is 16.1. The van der Waals surface area contributed by atoms with E-state index in [4.69, 9.17) is 0 Å². The van der Waals surface area contributed by atoms with Gasteiger partial charge in [-0.2, -0.15) is 0 Å². The van der Waals surface area contributed by atoms with Crippen molar-refractivity contribution in [2.45, 2.75) is 154 Å². The number of carbonyl (C=O) groups is 1. The summed E-state index contributed by atoms with van der Waals surface area (Å²) >= 11 is 0. The van der Waals surface area contributed by atoms with Crippen LogP contribution in [0.1, 0.15) is 153 Å². The van der Waals surface area contributed by atoms with E-state index in [1.807, 2.05) is 6.07 Å². The Bertz CT molecular complexity index is 795. The van der Waals surface area contributed by atoms with Crippen LogP contribution in [0.5, 0.6) is 0 Å². The maximum Gasteiger partial charge on any atom is 0.310 e. The predicted octanol–water partition coefficient (Wildman–Crippen LogP) is 10.2. The lowest BCUT2D eigenvalue weighted by atomic mass is 9.51. The first-order chi connectivity index (χ1) is 17.5. The monoisotopic (exact) mass is 500 g/mol. The quantitative estimate of drug-likeness (QED) is 0.307. The first-order valence-electron chi connectivity index (χ1n) is 15.5. The van der Waals surface area contributed by atoms with Crippen LogP contribution in [0.25, 0.3) is 0 Å². The number of hydrogen-bond donors (Lipinski definition) is 1. The third-order valence-electron chi connectivity index (χ3n) is 9.81. The van der Waals surface area contributed by atoms with Crippen LogP contribution in [0.4, 0.5) is 4.39 Å². The first-order valence-corrected chi connectivity index (χ1v) is 15.5. The van der Waals surface area contributed by atoms with Crippen LogP contribution in [0.15, 0.2) is 18.2 Å². The minimum atomic E-state index is -0.863. The molecular formula is C33H53FO2. The van der Waals surface area contributed by atoms with Gasteiger partial charge in [-0.05, 0) is 68.1 Å². The molecular weight excluding hydrogens is 447 g/mol. The Hall–Kier alpha value is -1.38. The average Bonchev–Trinajstić information content (AvgIpc) is 2.82. The summed E-state index contributed by atoms with van der Waals surface area (Å²) in [5.41, 5.74) is 0.312. The van der Waals surface area contributed by atoms with Crippen LogP contribution in [-0.2, 0) is 16.6 Å². The molecule has 1 aromatic carbocycles. The molecule has 0 bridgehead atoms. The molecule has 1 aromatic rings. The van der Waals surface area contributed by atoms with Crippen LogP contribution in [0, 0.1) is 17.2 Å². The van der Waals surface area contributed by atoms with Gasteiger partial charge in [0.05, 0.1) is 5.41 Å². The van der Waals surface area contributed by atoms with Gasteiger partial charge in [-0.1, -0.05) is 116 Å². The number of rotatable bonds is 11. The molecule has 2 saturated carbocycles. The van der Waals surface area contributed by atoms with Gasteiger partial charge in [0, 0.05) is 5.41 Å². The zero-order chi connectivity index (χ0) is 25.9. The molecule has 1 N–H and O–H groups in total. The number of carboxylic acid groups (broad SMARTS) is 1. The fraction of sp³-hybridized carbons (Fsp3) is 0.788. The van der Waals surface area contributed by atoms with Gasteiger partial charge in [0.25, 0.3) is 0 Å². The lowest BCUT2D eigenvalue weighted by molar-refractivity contribution is -0.158. The SMILES string of the molecule is CCCCCc1ccc(C2(C3(C(=O)O)CCCCC(CCCCC)CC3)CCCCCCC2)c(F)c1. The van der Waals surface area contributed by atoms with Crippen molar-refractivity contribution in [1.29, 1.82) is 0 Å². The Morgan fingerprint density at radius 2 is 1.53 bits per heavy atom. The average molecular weight is 501 g/mol. The Morgan fingerprint density at radius 3 is 2.19 bits per heavy atom. The van der Waals surface area contributed by atoms with E-state index < -0.39 is 16.8 Å². The van der Waals surface area contributed by atoms with Crippen molar-refractivity contribution >= 4 is 5.97 Å². The maximum atomic E-state index is 16.1. The van der Waals surface area contributed by atoms with E-state index in [1.54, 1.807) is 6.07 Å². The normalized spacial score (nSPS) is 25.4. The summed E-state index contributed by atoms with van der Waals surface area (Å²) in [5, 5.41) is 11.0. The van der Waals surface area contributed by atoms with Crippen molar-refractivity contribution in [3.05, 3.63) is 35.1 Å². The standard InChI is InChI=1S/C33H53FO2/c1-3-5-10-16-27-17-12-15-24-33(25-21-27,31(35)36)32(22-13-8-7-9-14-23-32)29-20-19-28(26-30(29)34)18-11-6-4-2/h19-20,26-27H,3-18,21-25H2,1-2H3,(H,35,36). The minimum absolute atomic E-state index is 0.147. The van der Waals surface area contributed by atoms with E-state index in [1.165, 1.54) is 38.5 Å². The number of carboxylic acids is 1. The largest absolute Gasteiger partial charge is 0.481 e. The van der Waals surface area contributed by atoms with Crippen molar-refractivity contribution in [1.82, 2.24) is 0 Å². The molecule has 0 radical (unpaired) electrons. The van der Waals surface area contributed by atoms with Crippen LogP contribution >= 0.6 is 0 Å². The lowest BCUT2D eigenvalue weighted by Gasteiger charge is -2.51. The fourth-order valence-electron chi connectivity index (χ4n) is 7.64. The highest BCUT2D eigenvalue weighted by Crippen LogP contribution is 2.57. The number of unbranched alkanes of at least 4 members (excludes halogenated alkanes) is 4. The van der Waals surface area contributed by atoms with Crippen molar-refractivity contribution in [2.24, 2.45) is 11.3 Å². The topological polar surface area (TPSA) is 37.3 Å². The molecule has 2 nitrogen and oxygen atoms in total. The molecule has 2 unspecified atom stereocenters. The first kappa shape index (κ1) is 29.2. The summed E-state index contributed by atoms with van der Waals surface area (Å²) in [6, 6.07) is 5.87. The second-order valence-electron chi connectivity index (χ2n) is 12.2. The molecule has 204 valence electrons. The van der Waals surface area contributed by atoms with Gasteiger partial charge in [0.2, 0.25) is 0 Å². The maximum absolute atomic E-state index is 16.1. The Balaban J connectivity index is 2.01. The Kier molecular flexibility index (Phi) is 11.8. The van der Waals surface area contributed by atoms with Crippen molar-refractivity contribution < 1.29 is 14.3 Å². The molecule has 0 aromatic heterocycles. The van der Waals surface area contributed by atoms with E-state index in [0.717, 1.165) is 89.0 Å². The minimum Gasteiger partial charge on any atom is -0.481 e. The molecule has 0 amide bonds. The number of halogens is 1. The van der Waals surface area contributed by atoms with E-state index in [-0.39, 0.29) is 5.82 Å². The highest BCUT2D eigenvalue weighted by atomic mass is 19.1. The summed E-state index contributed by atoms with van der Waals surface area (Å²) in [6.07, 6.45) is 22.1. The van der Waals surface area contributed by atoms with Gasteiger partial charge in [0.1, 0.15) is 5.82 Å². The second kappa shape index (κ2) is 14.5. The molecule has 3 rings (SSSR count). The van der Waals surface area contributed by atoms with E-state index >= 15 is 4.39 Å². The van der Waals surface area contributed by atoms with Crippen molar-refractivity contribution in [2.75, 3.05) is 0 Å². The molecule has 2 aliphatic carbocycles. The number of benzene rings is 1. The molecule has 3 heteroatoms. The van der Waals surface area contributed by atoms with Crippen LogP contribution < -0.4 is 0 Å². The van der Waals surface area contributed by atoms with Gasteiger partial charge in [0.15, 0.2) is 0 Å². The lowest BCUT2D eigenvalue weighted by Crippen LogP contribution is -2.52. The molecule has 2 aliphatic rings. The Morgan fingerprint density at radius 1 is 0.861 bits per heavy atom. The van der Waals surface area contributed by atoms with Crippen LogP contribution in [-0.4, -0.2) is 11.1 Å². The molecule has 2 fully saturated rings. The highest BCUT2D eigenvalue weighted by molar-refractivity contribution is 5.77. The highest BCUT2D eigenvalue weighted by Gasteiger charge is 2.57. The molecule has 2 atom stereocenters. The van der Waals surface area contributed by atoms with Crippen LogP contribution in [0.2, 0.25) is 0 Å². The van der Waals surface area contributed by atoms with Crippen molar-refractivity contribution in [3.8, 4) is 0 Å². The summed E-state index contributed by atoms with van der Waals surface area (Å²) in [5.74, 6) is -0.192. The summed E-state index contributed by atoms with van der Waals surface area (Å²) in [4.78, 5) is 13.4. The van der Waals surface area contributed by atoms with Gasteiger partial charge >= 0.3 is 5.97 Å². The van der Waals surface area contributed by atoms with E-state index in [9.17, 15) is 9.90 Å². The molecule has 0 saturated heterocycles. The third kappa shape index (κ3) is 6.93. The predicted molar refractivity (Wildman–Crippen MR) is 149 cm³/mol. The van der Waals surface area contributed by atoms with E-state index in [0.29, 0.717) is 24.3 Å². The number of aryl methyl sites for hydroxylation is 1. The number of aliphatic carboxylic acids is 1. The molecule has 36 heavy (non-hydrogen) atoms. The van der Waals surface area contributed by atoms with Crippen LogP contribution in [0.3, 0.4) is 0 Å². The third-order valence-corrected chi connectivity index (χ3v) is 9.81. The van der Waals surface area contributed by atoms with Gasteiger partial charge in [-0.15, -0.1) is 0 Å². The van der Waals surface area contributed by atoms with Gasteiger partial charge in [-0.3, -0.25) is 4.79 Å². The summed E-state index contributed by atoms with van der Waals surface area (Å²) in [7, 11) is 0. The fourth-order valence-corrected chi connectivity index (χ4v) is 7.64. The van der Waals surface area contributed by atoms with E-state index in [2.05, 4.69) is 19.9 Å². The molecule has 0 spiro atoms. The van der Waals surface area contributed by atoms with Gasteiger partial charge < -0.3 is 5.11 Å². The van der Waals surface area contributed by atoms with Crippen molar-refractivity contribution in [3.63, 3.8) is 0 Å².